The highest BCUT2D eigenvalue weighted by Crippen LogP contribution is 2.30. The fraction of sp³-hybridized carbons (Fsp3) is 0.143. The van der Waals surface area contributed by atoms with E-state index in [1.165, 1.54) is 6.07 Å². The molecule has 4 nitrogen and oxygen atoms in total. The van der Waals surface area contributed by atoms with Gasteiger partial charge in [0.15, 0.2) is 0 Å². The maximum absolute atomic E-state index is 12.5. The van der Waals surface area contributed by atoms with E-state index in [9.17, 15) is 8.42 Å². The van der Waals surface area contributed by atoms with E-state index >= 15 is 0 Å². The van der Waals surface area contributed by atoms with Gasteiger partial charge in [0.2, 0.25) is 0 Å². The van der Waals surface area contributed by atoms with E-state index in [-0.39, 0.29) is 11.5 Å². The number of hydrogen-bond donors (Lipinski definition) is 2. The summed E-state index contributed by atoms with van der Waals surface area (Å²) in [5.41, 5.74) is 1.71. The Morgan fingerprint density at radius 1 is 1.29 bits per heavy atom. The molecule has 0 saturated heterocycles. The third kappa shape index (κ3) is 3.58. The summed E-state index contributed by atoms with van der Waals surface area (Å²) in [6, 6.07) is 9.70. The molecule has 2 aromatic rings. The van der Waals surface area contributed by atoms with Gasteiger partial charge in [0.1, 0.15) is 4.90 Å². The van der Waals surface area contributed by atoms with Crippen LogP contribution in [0.15, 0.2) is 45.8 Å². The van der Waals surface area contributed by atoms with Gasteiger partial charge in [-0.25, -0.2) is 8.42 Å². The van der Waals surface area contributed by atoms with Crippen LogP contribution in [-0.4, -0.2) is 13.5 Å². The first-order valence-corrected chi connectivity index (χ1v) is 8.68. The zero-order chi connectivity index (χ0) is 15.6. The highest BCUT2D eigenvalue weighted by atomic mass is 79.9. The van der Waals surface area contributed by atoms with Gasteiger partial charge in [-0.1, -0.05) is 29.8 Å². The van der Waals surface area contributed by atoms with Crippen LogP contribution in [0.25, 0.3) is 0 Å². The monoisotopic (exact) mass is 389 g/mol. The number of aryl methyl sites for hydroxylation is 1. The Balaban J connectivity index is 2.44. The van der Waals surface area contributed by atoms with E-state index < -0.39 is 10.0 Å². The quantitative estimate of drug-likeness (QED) is 0.836. The predicted molar refractivity (Wildman–Crippen MR) is 87.1 cm³/mol. The summed E-state index contributed by atoms with van der Waals surface area (Å²) in [6.07, 6.45) is 0. The second-order valence-electron chi connectivity index (χ2n) is 4.46. The van der Waals surface area contributed by atoms with E-state index in [1.807, 2.05) is 0 Å². The van der Waals surface area contributed by atoms with Crippen LogP contribution in [0.4, 0.5) is 5.69 Å². The van der Waals surface area contributed by atoms with Crippen molar-refractivity contribution in [1.29, 1.82) is 0 Å². The molecule has 2 N–H and O–H groups in total. The fourth-order valence-electron chi connectivity index (χ4n) is 1.81. The van der Waals surface area contributed by atoms with Crippen LogP contribution in [0.2, 0.25) is 5.02 Å². The number of hydrogen-bond acceptors (Lipinski definition) is 3. The number of nitrogens with one attached hydrogen (secondary N) is 1. The van der Waals surface area contributed by atoms with E-state index in [0.717, 1.165) is 5.56 Å². The van der Waals surface area contributed by atoms with Crippen molar-refractivity contribution in [2.75, 3.05) is 4.72 Å². The van der Waals surface area contributed by atoms with Crippen molar-refractivity contribution in [2.45, 2.75) is 18.4 Å². The minimum absolute atomic E-state index is 0.0824. The summed E-state index contributed by atoms with van der Waals surface area (Å²) in [7, 11) is -3.78. The summed E-state index contributed by atoms with van der Waals surface area (Å²) in [6.45, 7) is 1.61. The molecule has 0 saturated carbocycles. The van der Waals surface area contributed by atoms with Gasteiger partial charge in [-0.2, -0.15) is 0 Å². The number of aliphatic hydroxyl groups excluding tert-OH is 1. The largest absolute Gasteiger partial charge is 0.392 e. The summed E-state index contributed by atoms with van der Waals surface area (Å²) in [5, 5.41) is 9.40. The van der Waals surface area contributed by atoms with E-state index in [4.69, 9.17) is 16.7 Å². The van der Waals surface area contributed by atoms with Crippen LogP contribution in [0.5, 0.6) is 0 Å². The Labute approximate surface area is 136 Å². The molecule has 0 aliphatic rings. The van der Waals surface area contributed by atoms with Crippen molar-refractivity contribution in [3.8, 4) is 0 Å². The van der Waals surface area contributed by atoms with Gasteiger partial charge >= 0.3 is 0 Å². The van der Waals surface area contributed by atoms with Crippen molar-refractivity contribution < 1.29 is 13.5 Å². The van der Waals surface area contributed by atoms with Gasteiger partial charge < -0.3 is 5.11 Å². The molecule has 0 unspecified atom stereocenters. The number of para-hydroxylation sites is 1. The Morgan fingerprint density at radius 3 is 2.57 bits per heavy atom. The molecule has 0 spiro atoms. The zero-order valence-corrected chi connectivity index (χ0v) is 14.3. The molecule has 0 heterocycles. The van der Waals surface area contributed by atoms with Crippen LogP contribution in [0.3, 0.4) is 0 Å². The summed E-state index contributed by atoms with van der Waals surface area (Å²) in [4.78, 5) is 0.0824. The highest BCUT2D eigenvalue weighted by molar-refractivity contribution is 9.10. The first-order chi connectivity index (χ1) is 9.85. The minimum atomic E-state index is -3.78. The van der Waals surface area contributed by atoms with Gasteiger partial charge in [0.05, 0.1) is 17.3 Å². The lowest BCUT2D eigenvalue weighted by atomic mass is 10.2. The molecule has 7 heteroatoms. The van der Waals surface area contributed by atoms with Crippen molar-refractivity contribution >= 4 is 43.2 Å². The second-order valence-corrected chi connectivity index (χ2v) is 7.37. The summed E-state index contributed by atoms with van der Waals surface area (Å²) < 4.78 is 27.8. The normalized spacial score (nSPS) is 11.4. The van der Waals surface area contributed by atoms with Crippen LogP contribution in [0, 0.1) is 6.92 Å². The van der Waals surface area contributed by atoms with Gasteiger partial charge in [-0.15, -0.1) is 0 Å². The maximum atomic E-state index is 12.5. The third-order valence-electron chi connectivity index (χ3n) is 2.93. The lowest BCUT2D eigenvalue weighted by Gasteiger charge is -2.13. The summed E-state index contributed by atoms with van der Waals surface area (Å²) >= 11 is 9.25. The van der Waals surface area contributed by atoms with Crippen molar-refractivity contribution in [3.05, 3.63) is 57.0 Å². The summed E-state index contributed by atoms with van der Waals surface area (Å²) in [5.74, 6) is 0. The maximum Gasteiger partial charge on any atom is 0.263 e. The van der Waals surface area contributed by atoms with E-state index in [1.54, 1.807) is 37.3 Å². The lowest BCUT2D eigenvalue weighted by Crippen LogP contribution is -2.15. The molecular formula is C14H13BrClNO3S. The average Bonchev–Trinajstić information content (AvgIpc) is 2.42. The molecule has 21 heavy (non-hydrogen) atoms. The Kier molecular flexibility index (Phi) is 4.93. The third-order valence-corrected chi connectivity index (χ3v) is 5.57. The lowest BCUT2D eigenvalue weighted by molar-refractivity contribution is 0.281. The first kappa shape index (κ1) is 16.3. The highest BCUT2D eigenvalue weighted by Gasteiger charge is 2.20. The first-order valence-electron chi connectivity index (χ1n) is 6.02. The molecule has 0 radical (unpaired) electrons. The van der Waals surface area contributed by atoms with Crippen molar-refractivity contribution in [2.24, 2.45) is 0 Å². The molecule has 0 aromatic heterocycles. The Hall–Kier alpha value is -1.08. The molecule has 0 aliphatic heterocycles. The van der Waals surface area contributed by atoms with Gasteiger partial charge in [0, 0.05) is 4.47 Å². The Bertz CT molecular complexity index is 758. The van der Waals surface area contributed by atoms with Crippen LogP contribution < -0.4 is 4.72 Å². The number of aliphatic hydroxyl groups is 1. The average molecular weight is 391 g/mol. The van der Waals surface area contributed by atoms with E-state index in [0.29, 0.717) is 20.7 Å². The number of halogens is 2. The SMILES string of the molecule is Cc1cccc(Cl)c1NS(=O)(=O)c1ccc(CO)cc1Br. The fourth-order valence-corrected chi connectivity index (χ4v) is 4.41. The van der Waals surface area contributed by atoms with Gasteiger partial charge in [-0.05, 0) is 52.2 Å². The minimum Gasteiger partial charge on any atom is -0.392 e. The van der Waals surface area contributed by atoms with Crippen LogP contribution in [-0.2, 0) is 16.6 Å². The molecule has 0 atom stereocenters. The molecule has 2 rings (SSSR count). The van der Waals surface area contributed by atoms with Crippen molar-refractivity contribution in [3.63, 3.8) is 0 Å². The van der Waals surface area contributed by atoms with E-state index in [2.05, 4.69) is 20.7 Å². The standard InChI is InChI=1S/C14H13BrClNO3S/c1-9-3-2-4-12(16)14(9)17-21(19,20)13-6-5-10(8-18)7-11(13)15/h2-7,17-18H,8H2,1H3. The predicted octanol–water partition coefficient (Wildman–Crippen LogP) is 3.70. The molecular weight excluding hydrogens is 378 g/mol. The molecule has 0 aliphatic carbocycles. The number of rotatable bonds is 4. The smallest absolute Gasteiger partial charge is 0.263 e. The van der Waals surface area contributed by atoms with Gasteiger partial charge in [-0.3, -0.25) is 4.72 Å². The number of sulfonamides is 1. The second kappa shape index (κ2) is 6.36. The molecule has 2 aromatic carbocycles. The van der Waals surface area contributed by atoms with Crippen LogP contribution in [0.1, 0.15) is 11.1 Å². The zero-order valence-electron chi connectivity index (χ0n) is 11.1. The van der Waals surface area contributed by atoms with Gasteiger partial charge in [0.25, 0.3) is 10.0 Å². The molecule has 0 bridgehead atoms. The van der Waals surface area contributed by atoms with Crippen LogP contribution >= 0.6 is 27.5 Å². The number of benzene rings is 2. The number of anilines is 1. The molecule has 112 valence electrons. The van der Waals surface area contributed by atoms with Crippen molar-refractivity contribution in [1.82, 2.24) is 0 Å². The Morgan fingerprint density at radius 2 is 2.00 bits per heavy atom. The molecule has 0 fully saturated rings. The molecule has 0 amide bonds. The topological polar surface area (TPSA) is 66.4 Å².